The molecule has 0 aliphatic carbocycles. The molecule has 0 bridgehead atoms. The van der Waals surface area contributed by atoms with Crippen molar-refractivity contribution in [3.05, 3.63) is 394 Å². The molecule has 0 aliphatic rings. The molecule has 0 fully saturated rings. The lowest BCUT2D eigenvalue weighted by Gasteiger charge is -2.13. The molecule has 7 aromatic heterocycles. The fourth-order valence-electron chi connectivity index (χ4n) is 17.9. The van der Waals surface area contributed by atoms with Crippen LogP contribution in [-0.4, -0.2) is 43.6 Å². The topological polar surface area (TPSA) is 118 Å². The molecule has 0 aliphatic heterocycles. The van der Waals surface area contributed by atoms with Gasteiger partial charge in [-0.15, -0.1) is 0 Å². The minimum atomic E-state index is 0.542. The molecule has 0 atom stereocenters. The van der Waals surface area contributed by atoms with Crippen LogP contribution in [0.15, 0.2) is 403 Å². The Hall–Kier alpha value is -16.2. The molecular weight excluding hydrogens is 1460 g/mol. The quantitative estimate of drug-likeness (QED) is 0.112. The van der Waals surface area contributed by atoms with Gasteiger partial charge in [0.05, 0.1) is 33.1 Å². The standard InChI is InChI=1S/C108H65N9O2/c1-6-22-66(23-7-1)74-50-59-94-91(61-74)100-82(36-21-39-95(100)115(94)80-51-44-67(45-52-80)75-46-53-85-87-55-48-77(64-98(87)118-96(85)62-75)107-111-103(69-24-8-2-9-25-69)109-104(112-107)70-26-10-3-11-27-70)68-40-42-72(43-41-68)106-110-105(71-28-12-4-13-29-71)113-108(114-106)78-49-56-88-86-54-47-76(63-97(86)119-99(88)65-78)73-30-20-33-81(60-73)117-93-38-19-17-35-84(93)90-58-57-89-83-34-16-18-37-92(83)116(101(89)102(90)117)79-31-14-5-15-32-79/h1-65H. The highest BCUT2D eigenvalue weighted by Crippen LogP contribution is 2.46. The molecule has 0 saturated heterocycles. The Morgan fingerprint density at radius 2 is 0.479 bits per heavy atom. The summed E-state index contributed by atoms with van der Waals surface area (Å²) in [6, 6.07) is 139. The Labute approximate surface area is 681 Å². The molecule has 0 saturated carbocycles. The number of para-hydroxylation sites is 3. The first-order chi connectivity index (χ1) is 58.9. The Bertz CT molecular complexity index is 8140. The van der Waals surface area contributed by atoms with Crippen LogP contribution < -0.4 is 0 Å². The van der Waals surface area contributed by atoms with Crippen LogP contribution in [0, 0.1) is 0 Å². The van der Waals surface area contributed by atoms with E-state index in [0.717, 1.165) is 172 Å². The van der Waals surface area contributed by atoms with Crippen molar-refractivity contribution in [2.75, 3.05) is 0 Å². The van der Waals surface area contributed by atoms with Gasteiger partial charge in [-0.25, -0.2) is 29.9 Å². The first-order valence-corrected chi connectivity index (χ1v) is 40.0. The Morgan fingerprint density at radius 3 is 0.992 bits per heavy atom. The lowest BCUT2D eigenvalue weighted by Crippen LogP contribution is -2.00. The van der Waals surface area contributed by atoms with E-state index in [9.17, 15) is 0 Å². The summed E-state index contributed by atoms with van der Waals surface area (Å²) in [5, 5.41) is 11.2. The lowest BCUT2D eigenvalue weighted by molar-refractivity contribution is 0.669. The van der Waals surface area contributed by atoms with Crippen molar-refractivity contribution in [1.29, 1.82) is 0 Å². The van der Waals surface area contributed by atoms with Gasteiger partial charge in [-0.1, -0.05) is 279 Å². The van der Waals surface area contributed by atoms with Crippen molar-refractivity contribution < 1.29 is 8.83 Å². The number of rotatable bonds is 13. The van der Waals surface area contributed by atoms with Crippen LogP contribution in [0.5, 0.6) is 0 Å². The molecule has 0 radical (unpaired) electrons. The molecule has 11 nitrogen and oxygen atoms in total. The molecule has 0 unspecified atom stereocenters. The van der Waals surface area contributed by atoms with Crippen molar-refractivity contribution in [2.24, 2.45) is 0 Å². The van der Waals surface area contributed by atoms with Gasteiger partial charge in [-0.05, 0) is 160 Å². The van der Waals surface area contributed by atoms with Gasteiger partial charge in [0.25, 0.3) is 0 Å². The molecule has 24 rings (SSSR count). The van der Waals surface area contributed by atoms with Crippen LogP contribution in [0.3, 0.4) is 0 Å². The van der Waals surface area contributed by atoms with E-state index in [0.29, 0.717) is 34.9 Å². The summed E-state index contributed by atoms with van der Waals surface area (Å²) in [5.74, 6) is 3.47. The van der Waals surface area contributed by atoms with Crippen LogP contribution in [0.1, 0.15) is 0 Å². The normalized spacial score (nSPS) is 11.9. The fourth-order valence-corrected chi connectivity index (χ4v) is 17.9. The number of benzene rings is 17. The second kappa shape index (κ2) is 27.2. The molecular formula is C108H65N9O2. The number of fused-ring (bicyclic) bond motifs is 16. The van der Waals surface area contributed by atoms with E-state index in [4.69, 9.17) is 38.7 Å². The minimum Gasteiger partial charge on any atom is -0.456 e. The van der Waals surface area contributed by atoms with Gasteiger partial charge in [0.1, 0.15) is 22.3 Å². The van der Waals surface area contributed by atoms with Crippen LogP contribution in [0.4, 0.5) is 0 Å². The van der Waals surface area contributed by atoms with Crippen molar-refractivity contribution in [3.63, 3.8) is 0 Å². The van der Waals surface area contributed by atoms with E-state index < -0.39 is 0 Å². The Morgan fingerprint density at radius 1 is 0.168 bits per heavy atom. The van der Waals surface area contributed by atoms with Crippen molar-refractivity contribution in [2.45, 2.75) is 0 Å². The number of nitrogens with zero attached hydrogens (tertiary/aromatic N) is 9. The third-order valence-corrected chi connectivity index (χ3v) is 23.6. The van der Waals surface area contributed by atoms with Crippen LogP contribution in [-0.2, 0) is 0 Å². The van der Waals surface area contributed by atoms with Gasteiger partial charge in [0, 0.05) is 104 Å². The fraction of sp³-hybridized carbons (Fsp3) is 0. The van der Waals surface area contributed by atoms with E-state index in [1.54, 1.807) is 0 Å². The molecule has 119 heavy (non-hydrogen) atoms. The number of furan rings is 2. The monoisotopic (exact) mass is 1520 g/mol. The van der Waals surface area contributed by atoms with Crippen molar-refractivity contribution in [3.8, 4) is 130 Å². The molecule has 11 heteroatoms. The molecule has 0 amide bonds. The second-order valence-corrected chi connectivity index (χ2v) is 30.5. The zero-order valence-corrected chi connectivity index (χ0v) is 63.9. The molecule has 0 N–H and O–H groups in total. The number of hydrogen-bond donors (Lipinski definition) is 0. The molecule has 0 spiro atoms. The van der Waals surface area contributed by atoms with E-state index in [1.807, 2.05) is 97.1 Å². The minimum absolute atomic E-state index is 0.542. The zero-order chi connectivity index (χ0) is 78.2. The smallest absolute Gasteiger partial charge is 0.164 e. The molecule has 17 aromatic carbocycles. The maximum Gasteiger partial charge on any atom is 0.164 e. The first-order valence-electron chi connectivity index (χ1n) is 40.0. The maximum atomic E-state index is 6.91. The predicted octanol–water partition coefficient (Wildman–Crippen LogP) is 27.8. The maximum absolute atomic E-state index is 6.91. The predicted molar refractivity (Wildman–Crippen MR) is 485 cm³/mol. The van der Waals surface area contributed by atoms with Gasteiger partial charge < -0.3 is 22.5 Å². The SMILES string of the molecule is c1ccc(-c2ccc3c(c2)c2c(-c4ccc(-c5nc(-c6ccccc6)nc(-c6ccc7c(c6)oc6cc(-c8cccc(-n9c%10ccccc%10c%10ccc%11c%12ccccc%12n(-c%12ccccc%12)c%11c%109)c8)ccc67)n5)cc4)cccc2n3-c2ccc(-c3ccc4c(c3)oc3cc(-c5nc(-c6ccccc6)nc(-c6ccccc6)n5)ccc34)cc2)cc1. The first kappa shape index (κ1) is 67.3. The molecule has 24 aromatic rings. The van der Waals surface area contributed by atoms with Gasteiger partial charge in [0.15, 0.2) is 34.9 Å². The zero-order valence-electron chi connectivity index (χ0n) is 63.9. The molecule has 7 heterocycles. The average Bonchev–Trinajstić information content (AvgIpc) is 1.54. The highest BCUT2D eigenvalue weighted by Gasteiger charge is 2.25. The summed E-state index contributed by atoms with van der Waals surface area (Å²) < 4.78 is 20.9. The summed E-state index contributed by atoms with van der Waals surface area (Å²) in [5.41, 5.74) is 27.1. The van der Waals surface area contributed by atoms with E-state index in [1.165, 1.54) is 32.6 Å². The summed E-state index contributed by atoms with van der Waals surface area (Å²) in [7, 11) is 0. The van der Waals surface area contributed by atoms with Crippen molar-refractivity contribution >= 4 is 109 Å². The van der Waals surface area contributed by atoms with E-state index in [-0.39, 0.29) is 0 Å². The highest BCUT2D eigenvalue weighted by atomic mass is 16.3. The average molecular weight is 1520 g/mol. The third-order valence-electron chi connectivity index (χ3n) is 23.6. The number of aromatic nitrogens is 9. The Kier molecular flexibility index (Phi) is 15.4. The van der Waals surface area contributed by atoms with Gasteiger partial charge in [0.2, 0.25) is 0 Å². The van der Waals surface area contributed by atoms with Crippen LogP contribution in [0.2, 0.25) is 0 Å². The number of hydrogen-bond acceptors (Lipinski definition) is 8. The largest absolute Gasteiger partial charge is 0.456 e. The summed E-state index contributed by atoms with van der Waals surface area (Å²) in [6.07, 6.45) is 0. The van der Waals surface area contributed by atoms with E-state index >= 15 is 0 Å². The Balaban J connectivity index is 0.555. The summed E-state index contributed by atoms with van der Waals surface area (Å²) in [4.78, 5) is 30.6. The van der Waals surface area contributed by atoms with Crippen molar-refractivity contribution in [1.82, 2.24) is 43.6 Å². The second-order valence-electron chi connectivity index (χ2n) is 30.5. The lowest BCUT2D eigenvalue weighted by atomic mass is 9.97. The third kappa shape index (κ3) is 11.3. The highest BCUT2D eigenvalue weighted by molar-refractivity contribution is 6.24. The van der Waals surface area contributed by atoms with Crippen LogP contribution >= 0.6 is 0 Å². The van der Waals surface area contributed by atoms with Gasteiger partial charge >= 0.3 is 0 Å². The van der Waals surface area contributed by atoms with Gasteiger partial charge in [-0.3, -0.25) is 0 Å². The van der Waals surface area contributed by atoms with Gasteiger partial charge in [-0.2, -0.15) is 0 Å². The summed E-state index contributed by atoms with van der Waals surface area (Å²) >= 11 is 0. The van der Waals surface area contributed by atoms with Crippen LogP contribution in [0.25, 0.3) is 239 Å². The summed E-state index contributed by atoms with van der Waals surface area (Å²) in [6.45, 7) is 0. The van der Waals surface area contributed by atoms with E-state index in [2.05, 4.69) is 311 Å². The molecule has 554 valence electrons.